The Morgan fingerprint density at radius 3 is 2.72 bits per heavy atom. The topological polar surface area (TPSA) is 62.3 Å². The molecule has 1 aromatic carbocycles. The first-order valence-corrected chi connectivity index (χ1v) is 11.0. The predicted octanol–water partition coefficient (Wildman–Crippen LogP) is 4.62. The first-order valence-electron chi connectivity index (χ1n) is 10.2. The van der Waals surface area contributed by atoms with E-state index >= 15 is 0 Å². The highest BCUT2D eigenvalue weighted by Crippen LogP contribution is 2.35. The van der Waals surface area contributed by atoms with Gasteiger partial charge >= 0.3 is 6.18 Å². The van der Waals surface area contributed by atoms with Crippen LogP contribution in [0.5, 0.6) is 0 Å². The van der Waals surface area contributed by atoms with Crippen molar-refractivity contribution < 1.29 is 31.5 Å². The molecule has 11 heteroatoms. The number of likely N-dealkylation sites (tertiary alicyclic amines) is 1. The second-order valence-corrected chi connectivity index (χ2v) is 9.16. The number of carbonyl (C=O) groups excluding carboxylic acids is 2. The summed E-state index contributed by atoms with van der Waals surface area (Å²) >= 11 is 1.21. The van der Waals surface area contributed by atoms with Crippen LogP contribution in [0.4, 0.5) is 27.1 Å². The summed E-state index contributed by atoms with van der Waals surface area (Å²) in [5, 5.41) is 2.72. The van der Waals surface area contributed by atoms with Crippen LogP contribution in [-0.4, -0.2) is 41.0 Å². The van der Waals surface area contributed by atoms with Crippen molar-refractivity contribution in [1.82, 2.24) is 9.88 Å². The van der Waals surface area contributed by atoms with Crippen LogP contribution in [0.3, 0.4) is 0 Å². The summed E-state index contributed by atoms with van der Waals surface area (Å²) in [7, 11) is 0. The minimum Gasteiger partial charge on any atom is -0.340 e. The second-order valence-electron chi connectivity index (χ2n) is 8.07. The standard InChI is InChI=1S/C21H20F5N3O2S/c22-13-5-6-29(10-13)18(30)8-11-1-4-16-17(7-11)32-20(27-16)28-19(31)12-2-3-15(23)14(9-12)21(24,25)26/h2-3,9,11,13H,1,4-8,10H2,(H,27,28,31). The number of anilines is 1. The Morgan fingerprint density at radius 2 is 2.03 bits per heavy atom. The average Bonchev–Trinajstić information content (AvgIpc) is 3.32. The van der Waals surface area contributed by atoms with Gasteiger partial charge in [-0.15, -0.1) is 11.3 Å². The fraction of sp³-hybridized carbons (Fsp3) is 0.476. The number of aryl methyl sites for hydroxylation is 1. The summed E-state index contributed by atoms with van der Waals surface area (Å²) in [4.78, 5) is 31.6. The zero-order valence-electron chi connectivity index (χ0n) is 16.8. The Labute approximate surface area is 184 Å². The lowest BCUT2D eigenvalue weighted by atomic mass is 9.88. The number of carbonyl (C=O) groups is 2. The zero-order chi connectivity index (χ0) is 23.0. The number of alkyl halides is 4. The monoisotopic (exact) mass is 473 g/mol. The molecule has 0 bridgehead atoms. The molecule has 2 unspecified atom stereocenters. The van der Waals surface area contributed by atoms with E-state index in [1.165, 1.54) is 11.3 Å². The van der Waals surface area contributed by atoms with E-state index in [-0.39, 0.29) is 29.1 Å². The van der Waals surface area contributed by atoms with Gasteiger partial charge in [0.05, 0.1) is 17.8 Å². The Hall–Kier alpha value is -2.56. The van der Waals surface area contributed by atoms with E-state index in [9.17, 15) is 31.5 Å². The molecule has 1 aliphatic heterocycles. The minimum atomic E-state index is -4.91. The number of thiazole rings is 1. The third-order valence-corrected chi connectivity index (χ3v) is 6.78. The average molecular weight is 473 g/mol. The summed E-state index contributed by atoms with van der Waals surface area (Å²) in [5.41, 5.74) is -1.05. The lowest BCUT2D eigenvalue weighted by molar-refractivity contribution is -0.140. The van der Waals surface area contributed by atoms with Gasteiger partial charge in [-0.05, 0) is 49.8 Å². The molecule has 2 aliphatic rings. The number of aromatic nitrogens is 1. The number of hydrogen-bond acceptors (Lipinski definition) is 4. The molecule has 1 aromatic heterocycles. The van der Waals surface area contributed by atoms with E-state index in [1.807, 2.05) is 0 Å². The number of nitrogens with one attached hydrogen (secondary N) is 1. The van der Waals surface area contributed by atoms with Gasteiger partial charge in [-0.2, -0.15) is 13.2 Å². The van der Waals surface area contributed by atoms with Crippen molar-refractivity contribution in [3.63, 3.8) is 0 Å². The van der Waals surface area contributed by atoms with Gasteiger partial charge in [-0.3, -0.25) is 14.9 Å². The number of fused-ring (bicyclic) bond motifs is 1. The second kappa shape index (κ2) is 8.76. The fourth-order valence-corrected chi connectivity index (χ4v) is 5.16. The molecular formula is C21H20F5N3O2S. The fourth-order valence-electron chi connectivity index (χ4n) is 4.04. The molecule has 2 atom stereocenters. The summed E-state index contributed by atoms with van der Waals surface area (Å²) in [6, 6.07) is 2.06. The normalized spacial score (nSPS) is 20.8. The molecular weight excluding hydrogens is 453 g/mol. The molecule has 1 saturated heterocycles. The molecule has 1 fully saturated rings. The molecule has 1 N–H and O–H groups in total. The first kappa shape index (κ1) is 22.6. The van der Waals surface area contributed by atoms with Gasteiger partial charge in [0, 0.05) is 23.4 Å². The van der Waals surface area contributed by atoms with Crippen molar-refractivity contribution >= 4 is 28.3 Å². The van der Waals surface area contributed by atoms with Crippen molar-refractivity contribution in [2.75, 3.05) is 18.4 Å². The Balaban J connectivity index is 1.40. The van der Waals surface area contributed by atoms with Crippen LogP contribution in [0, 0.1) is 11.7 Å². The number of amides is 2. The number of nitrogens with zero attached hydrogens (tertiary/aromatic N) is 2. The van der Waals surface area contributed by atoms with Gasteiger partial charge in [0.15, 0.2) is 5.13 Å². The Bertz CT molecular complexity index is 1040. The molecule has 0 saturated carbocycles. The SMILES string of the molecule is O=C(Nc1nc2c(s1)CC(CC(=O)N1CCC(F)C1)CC2)c1ccc(F)c(C(F)(F)F)c1. The highest BCUT2D eigenvalue weighted by molar-refractivity contribution is 7.15. The van der Waals surface area contributed by atoms with E-state index < -0.39 is 29.6 Å². The molecule has 4 rings (SSSR count). The predicted molar refractivity (Wildman–Crippen MR) is 108 cm³/mol. The maximum absolute atomic E-state index is 13.4. The summed E-state index contributed by atoms with van der Waals surface area (Å²) in [6.07, 6.45) is -3.24. The highest BCUT2D eigenvalue weighted by Gasteiger charge is 2.35. The largest absolute Gasteiger partial charge is 0.419 e. The summed E-state index contributed by atoms with van der Waals surface area (Å²) in [6.45, 7) is 0.584. The molecule has 5 nitrogen and oxygen atoms in total. The quantitative estimate of drug-likeness (QED) is 0.660. The molecule has 0 radical (unpaired) electrons. The van der Waals surface area contributed by atoms with Crippen molar-refractivity contribution in [2.45, 2.75) is 44.5 Å². The third-order valence-electron chi connectivity index (χ3n) is 5.74. The van der Waals surface area contributed by atoms with E-state index in [2.05, 4.69) is 10.3 Å². The van der Waals surface area contributed by atoms with Gasteiger partial charge < -0.3 is 4.90 Å². The Morgan fingerprint density at radius 1 is 1.25 bits per heavy atom. The van der Waals surface area contributed by atoms with Crippen LogP contribution in [-0.2, 0) is 23.8 Å². The number of hydrogen-bond donors (Lipinski definition) is 1. The van der Waals surface area contributed by atoms with E-state index in [0.717, 1.165) is 23.1 Å². The van der Waals surface area contributed by atoms with E-state index in [4.69, 9.17) is 0 Å². The smallest absolute Gasteiger partial charge is 0.340 e. The van der Waals surface area contributed by atoms with E-state index in [0.29, 0.717) is 44.4 Å². The maximum Gasteiger partial charge on any atom is 0.419 e. The number of halogens is 5. The third kappa shape index (κ3) is 4.92. The molecule has 0 spiro atoms. The van der Waals surface area contributed by atoms with Crippen LogP contribution in [0.1, 0.15) is 45.8 Å². The van der Waals surface area contributed by atoms with Crippen LogP contribution < -0.4 is 5.32 Å². The first-order chi connectivity index (χ1) is 15.1. The molecule has 2 amide bonds. The van der Waals surface area contributed by atoms with Crippen LogP contribution in [0.15, 0.2) is 18.2 Å². The van der Waals surface area contributed by atoms with Crippen LogP contribution in [0.2, 0.25) is 0 Å². The van der Waals surface area contributed by atoms with Crippen molar-refractivity contribution in [3.8, 4) is 0 Å². The minimum absolute atomic E-state index is 0.0616. The van der Waals surface area contributed by atoms with Crippen molar-refractivity contribution in [3.05, 3.63) is 45.7 Å². The molecule has 2 aromatic rings. The van der Waals surface area contributed by atoms with Gasteiger partial charge in [-0.1, -0.05) is 0 Å². The zero-order valence-corrected chi connectivity index (χ0v) is 17.7. The highest BCUT2D eigenvalue weighted by atomic mass is 32.1. The van der Waals surface area contributed by atoms with Crippen LogP contribution in [0.25, 0.3) is 0 Å². The molecule has 2 heterocycles. The lowest BCUT2D eigenvalue weighted by Crippen LogP contribution is -2.31. The summed E-state index contributed by atoms with van der Waals surface area (Å²) < 4.78 is 65.5. The van der Waals surface area contributed by atoms with E-state index in [1.54, 1.807) is 4.90 Å². The van der Waals surface area contributed by atoms with Gasteiger partial charge in [0.1, 0.15) is 12.0 Å². The lowest BCUT2D eigenvalue weighted by Gasteiger charge is -2.23. The number of benzene rings is 1. The van der Waals surface area contributed by atoms with Crippen LogP contribution >= 0.6 is 11.3 Å². The van der Waals surface area contributed by atoms with Gasteiger partial charge in [-0.25, -0.2) is 13.8 Å². The van der Waals surface area contributed by atoms with Crippen molar-refractivity contribution in [2.24, 2.45) is 5.92 Å². The summed E-state index contributed by atoms with van der Waals surface area (Å²) in [5.74, 6) is -2.24. The van der Waals surface area contributed by atoms with Gasteiger partial charge in [0.25, 0.3) is 5.91 Å². The van der Waals surface area contributed by atoms with Gasteiger partial charge in [0.2, 0.25) is 5.91 Å². The van der Waals surface area contributed by atoms with Crippen molar-refractivity contribution in [1.29, 1.82) is 0 Å². The number of rotatable bonds is 4. The molecule has 172 valence electrons. The molecule has 1 aliphatic carbocycles. The maximum atomic E-state index is 13.4. The molecule has 32 heavy (non-hydrogen) atoms. The Kier molecular flexibility index (Phi) is 6.19.